The number of thiophene rings is 1. The molecule has 0 saturated heterocycles. The smallest absolute Gasteiger partial charge is 0.262 e. The Morgan fingerprint density at radius 3 is 2.77 bits per heavy atom. The van der Waals surface area contributed by atoms with Gasteiger partial charge in [0, 0.05) is 25.0 Å². The van der Waals surface area contributed by atoms with Gasteiger partial charge in [0.05, 0.1) is 4.88 Å². The van der Waals surface area contributed by atoms with Crippen molar-refractivity contribution in [1.82, 2.24) is 14.9 Å². The second kappa shape index (κ2) is 6.11. The van der Waals surface area contributed by atoms with Crippen LogP contribution in [-0.2, 0) is 7.05 Å². The number of aryl methyl sites for hydroxylation is 1. The van der Waals surface area contributed by atoms with E-state index in [0.29, 0.717) is 16.3 Å². The summed E-state index contributed by atoms with van der Waals surface area (Å²) < 4.78 is 15.9. The van der Waals surface area contributed by atoms with Crippen molar-refractivity contribution in [2.24, 2.45) is 7.05 Å². The van der Waals surface area contributed by atoms with Gasteiger partial charge in [0.2, 0.25) is 0 Å². The Morgan fingerprint density at radius 2 is 2.14 bits per heavy atom. The van der Waals surface area contributed by atoms with E-state index >= 15 is 0 Å². The zero-order valence-corrected chi connectivity index (χ0v) is 12.7. The topological polar surface area (TPSA) is 46.9 Å². The highest BCUT2D eigenvalue weighted by molar-refractivity contribution is 7.12. The van der Waals surface area contributed by atoms with Crippen LogP contribution in [0.3, 0.4) is 0 Å². The Kier molecular flexibility index (Phi) is 4.02. The van der Waals surface area contributed by atoms with E-state index < -0.39 is 6.04 Å². The summed E-state index contributed by atoms with van der Waals surface area (Å²) in [6.45, 7) is 0. The Hall–Kier alpha value is -2.47. The van der Waals surface area contributed by atoms with Crippen LogP contribution >= 0.6 is 11.3 Å². The maximum Gasteiger partial charge on any atom is 0.262 e. The van der Waals surface area contributed by atoms with E-state index in [1.807, 2.05) is 12.4 Å². The average molecular weight is 315 g/mol. The van der Waals surface area contributed by atoms with Gasteiger partial charge in [-0.2, -0.15) is 0 Å². The van der Waals surface area contributed by atoms with Gasteiger partial charge in [-0.1, -0.05) is 24.3 Å². The highest BCUT2D eigenvalue weighted by Gasteiger charge is 2.24. The van der Waals surface area contributed by atoms with Crippen molar-refractivity contribution >= 4 is 17.2 Å². The van der Waals surface area contributed by atoms with Crippen molar-refractivity contribution in [3.63, 3.8) is 0 Å². The van der Waals surface area contributed by atoms with Gasteiger partial charge in [-0.15, -0.1) is 11.3 Å². The first-order valence-electron chi connectivity index (χ1n) is 6.73. The number of carbonyl (C=O) groups is 1. The molecule has 1 N–H and O–H groups in total. The van der Waals surface area contributed by atoms with Crippen LogP contribution in [0.15, 0.2) is 54.2 Å². The molecule has 0 radical (unpaired) electrons. The van der Waals surface area contributed by atoms with Gasteiger partial charge in [0.15, 0.2) is 0 Å². The van der Waals surface area contributed by atoms with E-state index in [1.165, 1.54) is 17.4 Å². The monoisotopic (exact) mass is 315 g/mol. The predicted octanol–water partition coefficient (Wildman–Crippen LogP) is 3.14. The molecule has 1 atom stereocenters. The molecule has 0 aliphatic rings. The summed E-state index contributed by atoms with van der Waals surface area (Å²) in [4.78, 5) is 17.2. The Bertz CT molecular complexity index is 782. The molecule has 3 aromatic rings. The summed E-state index contributed by atoms with van der Waals surface area (Å²) in [5, 5.41) is 4.70. The molecular weight excluding hydrogens is 301 g/mol. The van der Waals surface area contributed by atoms with Gasteiger partial charge in [-0.25, -0.2) is 9.37 Å². The molecular formula is C16H14FN3OS. The molecule has 0 aliphatic heterocycles. The number of aromatic nitrogens is 2. The molecule has 0 aliphatic carbocycles. The highest BCUT2D eigenvalue weighted by atomic mass is 32.1. The summed E-state index contributed by atoms with van der Waals surface area (Å²) in [6.07, 6.45) is 3.39. The zero-order chi connectivity index (χ0) is 15.5. The molecule has 2 heterocycles. The molecule has 0 fully saturated rings. The highest BCUT2D eigenvalue weighted by Crippen LogP contribution is 2.24. The van der Waals surface area contributed by atoms with E-state index in [4.69, 9.17) is 0 Å². The summed E-state index contributed by atoms with van der Waals surface area (Å²) in [5.41, 5.74) is 0.390. The lowest BCUT2D eigenvalue weighted by Crippen LogP contribution is -2.31. The van der Waals surface area contributed by atoms with Gasteiger partial charge >= 0.3 is 0 Å². The molecule has 3 rings (SSSR count). The fraction of sp³-hybridized carbons (Fsp3) is 0.125. The number of hydrogen-bond donors (Lipinski definition) is 1. The van der Waals surface area contributed by atoms with E-state index in [-0.39, 0.29) is 11.7 Å². The minimum Gasteiger partial charge on any atom is -0.337 e. The van der Waals surface area contributed by atoms with E-state index in [0.717, 1.165) is 0 Å². The third-order valence-electron chi connectivity index (χ3n) is 3.35. The number of rotatable bonds is 4. The minimum absolute atomic E-state index is 0.244. The van der Waals surface area contributed by atoms with Gasteiger partial charge in [0.25, 0.3) is 5.91 Å². The van der Waals surface area contributed by atoms with Gasteiger partial charge in [-0.05, 0) is 17.5 Å². The van der Waals surface area contributed by atoms with Crippen molar-refractivity contribution < 1.29 is 9.18 Å². The number of nitrogens with one attached hydrogen (secondary N) is 1. The lowest BCUT2D eigenvalue weighted by atomic mass is 10.1. The number of benzene rings is 1. The largest absolute Gasteiger partial charge is 0.337 e. The molecule has 112 valence electrons. The number of amides is 1. The fourth-order valence-electron chi connectivity index (χ4n) is 2.26. The SMILES string of the molecule is Cn1ccnc1C(NC(=O)c1cccs1)c1ccccc1F. The van der Waals surface area contributed by atoms with Gasteiger partial charge in [-0.3, -0.25) is 4.79 Å². The summed E-state index contributed by atoms with van der Waals surface area (Å²) in [5.74, 6) is -0.0387. The number of imidazole rings is 1. The van der Waals surface area contributed by atoms with Crippen LogP contribution in [0.4, 0.5) is 4.39 Å². The minimum atomic E-state index is -0.643. The summed E-state index contributed by atoms with van der Waals surface area (Å²) in [6, 6.07) is 9.29. The van der Waals surface area contributed by atoms with Crippen LogP contribution in [0.5, 0.6) is 0 Å². The third-order valence-corrected chi connectivity index (χ3v) is 4.22. The van der Waals surface area contributed by atoms with Gasteiger partial charge < -0.3 is 9.88 Å². The molecule has 22 heavy (non-hydrogen) atoms. The van der Waals surface area contributed by atoms with Crippen LogP contribution in [0, 0.1) is 5.82 Å². The van der Waals surface area contributed by atoms with E-state index in [9.17, 15) is 9.18 Å². The Balaban J connectivity index is 1.99. The zero-order valence-electron chi connectivity index (χ0n) is 11.9. The van der Waals surface area contributed by atoms with E-state index in [1.54, 1.807) is 47.3 Å². The van der Waals surface area contributed by atoms with Crippen molar-refractivity contribution in [1.29, 1.82) is 0 Å². The standard InChI is InChI=1S/C16H14FN3OS/c1-20-9-8-18-15(20)14(11-5-2-3-6-12(11)17)19-16(21)13-7-4-10-22-13/h2-10,14H,1H3,(H,19,21). The van der Waals surface area contributed by atoms with Crippen LogP contribution in [-0.4, -0.2) is 15.5 Å². The molecule has 1 unspecified atom stereocenters. The molecule has 0 bridgehead atoms. The summed E-state index contributed by atoms with van der Waals surface area (Å²) in [7, 11) is 1.81. The molecule has 0 saturated carbocycles. The quantitative estimate of drug-likeness (QED) is 0.804. The Labute approximate surface area is 131 Å². The first-order valence-corrected chi connectivity index (χ1v) is 7.61. The first-order chi connectivity index (χ1) is 10.7. The lowest BCUT2D eigenvalue weighted by molar-refractivity contribution is 0.0945. The predicted molar refractivity (Wildman–Crippen MR) is 83.2 cm³/mol. The fourth-order valence-corrected chi connectivity index (χ4v) is 2.88. The molecule has 4 nitrogen and oxygen atoms in total. The van der Waals surface area contributed by atoms with Crippen molar-refractivity contribution in [2.75, 3.05) is 0 Å². The second-order valence-corrected chi connectivity index (χ2v) is 5.75. The number of halogens is 1. The van der Waals surface area contributed by atoms with Crippen LogP contribution < -0.4 is 5.32 Å². The maximum atomic E-state index is 14.2. The van der Waals surface area contributed by atoms with Crippen LogP contribution in [0.2, 0.25) is 0 Å². The van der Waals surface area contributed by atoms with Crippen molar-refractivity contribution in [3.8, 4) is 0 Å². The Morgan fingerprint density at radius 1 is 1.32 bits per heavy atom. The van der Waals surface area contributed by atoms with Crippen LogP contribution in [0.1, 0.15) is 27.1 Å². The molecule has 2 aromatic heterocycles. The average Bonchev–Trinajstić information content (AvgIpc) is 3.17. The molecule has 1 amide bonds. The lowest BCUT2D eigenvalue weighted by Gasteiger charge is -2.19. The molecule has 0 spiro atoms. The first kappa shape index (κ1) is 14.5. The molecule has 1 aromatic carbocycles. The van der Waals surface area contributed by atoms with Gasteiger partial charge in [0.1, 0.15) is 17.7 Å². The summed E-state index contributed by atoms with van der Waals surface area (Å²) >= 11 is 1.34. The number of carbonyl (C=O) groups excluding carboxylic acids is 1. The normalized spacial score (nSPS) is 12.1. The number of nitrogens with zero attached hydrogens (tertiary/aromatic N) is 2. The van der Waals surface area contributed by atoms with Crippen molar-refractivity contribution in [2.45, 2.75) is 6.04 Å². The number of hydrogen-bond acceptors (Lipinski definition) is 3. The van der Waals surface area contributed by atoms with Crippen molar-refractivity contribution in [3.05, 3.63) is 76.3 Å². The maximum absolute atomic E-state index is 14.2. The molecule has 6 heteroatoms. The van der Waals surface area contributed by atoms with E-state index in [2.05, 4.69) is 10.3 Å². The van der Waals surface area contributed by atoms with Crippen LogP contribution in [0.25, 0.3) is 0 Å². The second-order valence-electron chi connectivity index (χ2n) is 4.80. The third kappa shape index (κ3) is 2.78.